The monoisotopic (exact) mass is 318 g/mol. The van der Waals surface area contributed by atoms with E-state index in [1.807, 2.05) is 0 Å². The zero-order chi connectivity index (χ0) is 15.7. The van der Waals surface area contributed by atoms with Crippen LogP contribution in [0, 0.1) is 5.82 Å². The SMILES string of the molecule is CCOC(=O)c1n[nH]c(=O)c2cc(-c3ccc(F)cc3)sc12. The number of esters is 1. The van der Waals surface area contributed by atoms with E-state index in [-0.39, 0.29) is 23.7 Å². The van der Waals surface area contributed by atoms with Crippen molar-refractivity contribution >= 4 is 27.4 Å². The van der Waals surface area contributed by atoms with Gasteiger partial charge in [-0.25, -0.2) is 14.3 Å². The van der Waals surface area contributed by atoms with Crippen LogP contribution in [0.25, 0.3) is 20.5 Å². The van der Waals surface area contributed by atoms with E-state index < -0.39 is 5.97 Å². The first-order valence-corrected chi connectivity index (χ1v) is 7.37. The molecule has 0 aliphatic rings. The van der Waals surface area contributed by atoms with Gasteiger partial charge < -0.3 is 4.74 Å². The molecule has 0 amide bonds. The minimum Gasteiger partial charge on any atom is -0.461 e. The van der Waals surface area contributed by atoms with Crippen molar-refractivity contribution in [1.29, 1.82) is 0 Å². The van der Waals surface area contributed by atoms with Crippen molar-refractivity contribution < 1.29 is 13.9 Å². The van der Waals surface area contributed by atoms with Gasteiger partial charge in [0.25, 0.3) is 5.56 Å². The number of carbonyl (C=O) groups excluding carboxylic acids is 1. The second-order valence-corrected chi connectivity index (χ2v) is 5.53. The number of nitrogens with one attached hydrogen (secondary N) is 1. The van der Waals surface area contributed by atoms with Gasteiger partial charge in [0.1, 0.15) is 5.82 Å². The van der Waals surface area contributed by atoms with E-state index in [2.05, 4.69) is 10.2 Å². The lowest BCUT2D eigenvalue weighted by Crippen LogP contribution is -2.14. The maximum Gasteiger partial charge on any atom is 0.360 e. The normalized spacial score (nSPS) is 10.8. The van der Waals surface area contributed by atoms with Crippen molar-refractivity contribution in [3.8, 4) is 10.4 Å². The van der Waals surface area contributed by atoms with Gasteiger partial charge in [0.05, 0.1) is 16.7 Å². The fourth-order valence-corrected chi connectivity index (χ4v) is 3.19. The molecule has 5 nitrogen and oxygen atoms in total. The summed E-state index contributed by atoms with van der Waals surface area (Å²) in [5.74, 6) is -0.923. The molecule has 3 aromatic rings. The predicted molar refractivity (Wildman–Crippen MR) is 81.6 cm³/mol. The van der Waals surface area contributed by atoms with E-state index in [9.17, 15) is 14.0 Å². The van der Waals surface area contributed by atoms with Gasteiger partial charge in [-0.05, 0) is 30.7 Å². The van der Waals surface area contributed by atoms with Crippen LogP contribution in [0.1, 0.15) is 17.4 Å². The van der Waals surface area contributed by atoms with Crippen LogP contribution in [0.5, 0.6) is 0 Å². The van der Waals surface area contributed by atoms with Gasteiger partial charge >= 0.3 is 5.97 Å². The van der Waals surface area contributed by atoms with Crippen LogP contribution >= 0.6 is 11.3 Å². The van der Waals surface area contributed by atoms with Crippen molar-refractivity contribution in [2.45, 2.75) is 6.92 Å². The number of carbonyl (C=O) groups is 1. The van der Waals surface area contributed by atoms with E-state index in [1.54, 1.807) is 25.1 Å². The molecule has 0 saturated heterocycles. The van der Waals surface area contributed by atoms with Gasteiger partial charge in [0.2, 0.25) is 0 Å². The van der Waals surface area contributed by atoms with Gasteiger partial charge in [-0.15, -0.1) is 11.3 Å². The first-order chi connectivity index (χ1) is 10.6. The van der Waals surface area contributed by atoms with Crippen LogP contribution in [-0.4, -0.2) is 22.8 Å². The number of ether oxygens (including phenoxy) is 1. The largest absolute Gasteiger partial charge is 0.461 e. The van der Waals surface area contributed by atoms with Crippen LogP contribution in [0.2, 0.25) is 0 Å². The Morgan fingerprint density at radius 2 is 2.09 bits per heavy atom. The van der Waals surface area contributed by atoms with Crippen LogP contribution in [0.4, 0.5) is 4.39 Å². The number of hydrogen-bond donors (Lipinski definition) is 1. The Labute approximate surface area is 128 Å². The molecule has 112 valence electrons. The number of fused-ring (bicyclic) bond motifs is 1. The molecule has 0 aliphatic heterocycles. The van der Waals surface area contributed by atoms with Crippen molar-refractivity contribution in [3.63, 3.8) is 0 Å². The number of aromatic nitrogens is 2. The van der Waals surface area contributed by atoms with E-state index in [0.717, 1.165) is 10.4 Å². The highest BCUT2D eigenvalue weighted by molar-refractivity contribution is 7.22. The van der Waals surface area contributed by atoms with Gasteiger partial charge in [0, 0.05) is 4.88 Å². The van der Waals surface area contributed by atoms with Gasteiger partial charge in [-0.1, -0.05) is 12.1 Å². The maximum atomic E-state index is 13.0. The van der Waals surface area contributed by atoms with E-state index in [0.29, 0.717) is 10.1 Å². The van der Waals surface area contributed by atoms with E-state index in [1.165, 1.54) is 23.5 Å². The number of nitrogens with zero attached hydrogens (tertiary/aromatic N) is 1. The summed E-state index contributed by atoms with van der Waals surface area (Å²) in [4.78, 5) is 24.5. The molecule has 0 bridgehead atoms. The van der Waals surface area contributed by atoms with Gasteiger partial charge in [-0.2, -0.15) is 5.10 Å². The zero-order valence-corrected chi connectivity index (χ0v) is 12.4. The van der Waals surface area contributed by atoms with Crippen molar-refractivity contribution in [1.82, 2.24) is 10.2 Å². The first kappa shape index (κ1) is 14.4. The third-order valence-electron chi connectivity index (χ3n) is 3.06. The summed E-state index contributed by atoms with van der Waals surface area (Å²) >= 11 is 1.25. The number of thiophene rings is 1. The van der Waals surface area contributed by atoms with Crippen LogP contribution in [0.3, 0.4) is 0 Å². The molecule has 0 aliphatic carbocycles. The molecule has 0 unspecified atom stereocenters. The number of hydrogen-bond acceptors (Lipinski definition) is 5. The smallest absolute Gasteiger partial charge is 0.360 e. The molecule has 0 fully saturated rings. The van der Waals surface area contributed by atoms with E-state index in [4.69, 9.17) is 4.74 Å². The lowest BCUT2D eigenvalue weighted by Gasteiger charge is -2.00. The standard InChI is InChI=1S/C15H11FN2O3S/c1-2-21-15(20)12-13-10(14(19)18-17-12)7-11(22-13)8-3-5-9(16)6-4-8/h3-7H,2H2,1H3,(H,18,19). The molecule has 0 radical (unpaired) electrons. The summed E-state index contributed by atoms with van der Waals surface area (Å²) in [6.45, 7) is 1.91. The molecule has 22 heavy (non-hydrogen) atoms. The highest BCUT2D eigenvalue weighted by Crippen LogP contribution is 2.33. The quantitative estimate of drug-likeness (QED) is 0.754. The molecular weight excluding hydrogens is 307 g/mol. The molecule has 1 N–H and O–H groups in total. The Bertz CT molecular complexity index is 899. The predicted octanol–water partition coefficient (Wildman–Crippen LogP) is 2.97. The number of H-pyrrole nitrogens is 1. The number of rotatable bonds is 3. The van der Waals surface area contributed by atoms with Gasteiger partial charge in [0.15, 0.2) is 5.69 Å². The second-order valence-electron chi connectivity index (χ2n) is 4.48. The number of benzene rings is 1. The van der Waals surface area contributed by atoms with Crippen LogP contribution < -0.4 is 5.56 Å². The van der Waals surface area contributed by atoms with E-state index >= 15 is 0 Å². The third kappa shape index (κ3) is 2.50. The Kier molecular flexibility index (Phi) is 3.72. The lowest BCUT2D eigenvalue weighted by atomic mass is 10.2. The topological polar surface area (TPSA) is 72.0 Å². The highest BCUT2D eigenvalue weighted by Gasteiger charge is 2.18. The molecule has 0 saturated carbocycles. The minimum atomic E-state index is -0.587. The molecule has 0 spiro atoms. The molecule has 3 rings (SSSR count). The summed E-state index contributed by atoms with van der Waals surface area (Å²) < 4.78 is 18.4. The fourth-order valence-electron chi connectivity index (χ4n) is 2.05. The van der Waals surface area contributed by atoms with Crippen molar-refractivity contribution in [2.24, 2.45) is 0 Å². The third-order valence-corrected chi connectivity index (χ3v) is 4.25. The minimum absolute atomic E-state index is 0.0785. The van der Waals surface area contributed by atoms with Gasteiger partial charge in [-0.3, -0.25) is 4.79 Å². The number of aromatic amines is 1. The van der Waals surface area contributed by atoms with Crippen molar-refractivity contribution in [3.05, 3.63) is 52.2 Å². The van der Waals surface area contributed by atoms with Crippen LogP contribution in [-0.2, 0) is 4.74 Å². The average Bonchev–Trinajstić information content (AvgIpc) is 2.94. The lowest BCUT2D eigenvalue weighted by molar-refractivity contribution is 0.0521. The second kappa shape index (κ2) is 5.69. The first-order valence-electron chi connectivity index (χ1n) is 6.55. The molecular formula is C15H11FN2O3S. The molecule has 2 heterocycles. The zero-order valence-electron chi connectivity index (χ0n) is 11.6. The van der Waals surface area contributed by atoms with Crippen LogP contribution in [0.15, 0.2) is 35.1 Å². The Balaban J connectivity index is 2.18. The molecule has 1 aromatic carbocycles. The van der Waals surface area contributed by atoms with Crippen molar-refractivity contribution in [2.75, 3.05) is 6.61 Å². The molecule has 0 atom stereocenters. The summed E-state index contributed by atoms with van der Waals surface area (Å²) in [6, 6.07) is 7.58. The maximum absolute atomic E-state index is 13.0. The molecule has 7 heteroatoms. The summed E-state index contributed by atoms with van der Waals surface area (Å²) in [7, 11) is 0. The average molecular weight is 318 g/mol. The highest BCUT2D eigenvalue weighted by atomic mass is 32.1. The summed E-state index contributed by atoms with van der Waals surface area (Å²) in [5.41, 5.74) is 0.458. The Morgan fingerprint density at radius 3 is 2.77 bits per heavy atom. The summed E-state index contributed by atoms with van der Waals surface area (Å²) in [5, 5.41) is 6.44. The Hall–Kier alpha value is -2.54. The summed E-state index contributed by atoms with van der Waals surface area (Å²) in [6.07, 6.45) is 0. The Morgan fingerprint density at radius 1 is 1.36 bits per heavy atom. The number of halogens is 1. The fraction of sp³-hybridized carbons (Fsp3) is 0.133. The molecule has 2 aromatic heterocycles.